The minimum atomic E-state index is -0.367. The van der Waals surface area contributed by atoms with Gasteiger partial charge in [-0.2, -0.15) is 0 Å². The van der Waals surface area contributed by atoms with Gasteiger partial charge in [-0.05, 0) is 25.1 Å². The van der Waals surface area contributed by atoms with Gasteiger partial charge in [0.2, 0.25) is 0 Å². The van der Waals surface area contributed by atoms with Gasteiger partial charge in [0.15, 0.2) is 0 Å². The second-order valence-corrected chi connectivity index (χ2v) is 4.52. The van der Waals surface area contributed by atoms with Crippen molar-refractivity contribution in [3.63, 3.8) is 0 Å². The van der Waals surface area contributed by atoms with E-state index in [0.29, 0.717) is 6.54 Å². The zero-order valence-corrected chi connectivity index (χ0v) is 11.3. The van der Waals surface area contributed by atoms with E-state index < -0.39 is 0 Å². The van der Waals surface area contributed by atoms with Crippen LogP contribution in [0.2, 0.25) is 0 Å². The molecule has 0 spiro atoms. The minimum absolute atomic E-state index is 0. The maximum absolute atomic E-state index is 10.1. The lowest BCUT2D eigenvalue weighted by Gasteiger charge is -2.30. The van der Waals surface area contributed by atoms with Gasteiger partial charge in [0, 0.05) is 36.9 Å². The highest BCUT2D eigenvalue weighted by molar-refractivity contribution is 5.85. The van der Waals surface area contributed by atoms with Crippen molar-refractivity contribution < 1.29 is 5.11 Å². The molecule has 2 aromatic heterocycles. The van der Waals surface area contributed by atoms with Crippen molar-refractivity contribution in [3.05, 3.63) is 36.9 Å². The van der Waals surface area contributed by atoms with E-state index in [-0.39, 0.29) is 24.6 Å². The van der Waals surface area contributed by atoms with Crippen molar-refractivity contribution >= 4 is 12.4 Å². The van der Waals surface area contributed by atoms with E-state index in [1.165, 1.54) is 0 Å². The fourth-order valence-corrected chi connectivity index (χ4v) is 2.46. The monoisotopic (exact) mass is 280 g/mol. The molecule has 1 aliphatic heterocycles. The number of aliphatic hydroxyl groups is 1. The highest BCUT2D eigenvalue weighted by atomic mass is 35.5. The Balaban J connectivity index is 0.00000133. The maximum Gasteiger partial charge on any atom is 0.140 e. The molecule has 1 aliphatic rings. The Kier molecular flexibility index (Phi) is 4.52. The molecule has 0 aliphatic carbocycles. The van der Waals surface area contributed by atoms with Crippen LogP contribution in [0.3, 0.4) is 0 Å². The van der Waals surface area contributed by atoms with Gasteiger partial charge in [-0.15, -0.1) is 12.4 Å². The van der Waals surface area contributed by atoms with E-state index in [9.17, 15) is 5.11 Å². The summed E-state index contributed by atoms with van der Waals surface area (Å²) in [6.45, 7) is 1.56. The van der Waals surface area contributed by atoms with Gasteiger partial charge in [0.1, 0.15) is 5.82 Å². The number of piperidine rings is 1. The Morgan fingerprint density at radius 2 is 2.05 bits per heavy atom. The summed E-state index contributed by atoms with van der Waals surface area (Å²) in [5.74, 6) is 0.892. The molecule has 2 aromatic rings. The summed E-state index contributed by atoms with van der Waals surface area (Å²) < 4.78 is 2.07. The zero-order chi connectivity index (χ0) is 12.4. The predicted octanol–water partition coefficient (Wildman–Crippen LogP) is 1.26. The lowest BCUT2D eigenvalue weighted by Crippen LogP contribution is -2.41. The van der Waals surface area contributed by atoms with Gasteiger partial charge in [-0.3, -0.25) is 4.98 Å². The number of rotatable bonds is 2. The summed E-state index contributed by atoms with van der Waals surface area (Å²) >= 11 is 0. The number of nitrogens with zero attached hydrogens (tertiary/aromatic N) is 3. The van der Waals surface area contributed by atoms with Crippen LogP contribution in [-0.2, 0) is 0 Å². The third-order valence-corrected chi connectivity index (χ3v) is 3.38. The summed E-state index contributed by atoms with van der Waals surface area (Å²) in [4.78, 5) is 8.42. The van der Waals surface area contributed by atoms with E-state index >= 15 is 0 Å². The number of halogens is 1. The Morgan fingerprint density at radius 3 is 2.79 bits per heavy atom. The lowest BCUT2D eigenvalue weighted by molar-refractivity contribution is 0.0880. The first-order valence-corrected chi connectivity index (χ1v) is 6.18. The SMILES string of the molecule is Cl.O[C@H]1CNCC[C@@H]1n1ccnc1-c1ccncc1. The fraction of sp³-hybridized carbons (Fsp3) is 0.385. The topological polar surface area (TPSA) is 63.0 Å². The number of pyridine rings is 1. The molecule has 0 aromatic carbocycles. The molecule has 6 heteroatoms. The van der Waals surface area contributed by atoms with Crippen LogP contribution in [-0.4, -0.2) is 38.8 Å². The second-order valence-electron chi connectivity index (χ2n) is 4.52. The normalized spacial score (nSPS) is 22.8. The highest BCUT2D eigenvalue weighted by Gasteiger charge is 2.26. The van der Waals surface area contributed by atoms with Crippen molar-refractivity contribution in [3.8, 4) is 11.4 Å². The minimum Gasteiger partial charge on any atom is -0.390 e. The number of aliphatic hydroxyl groups excluding tert-OH is 1. The maximum atomic E-state index is 10.1. The van der Waals surface area contributed by atoms with E-state index in [4.69, 9.17) is 0 Å². The van der Waals surface area contributed by atoms with Gasteiger partial charge in [-0.1, -0.05) is 0 Å². The molecule has 0 radical (unpaired) electrons. The van der Waals surface area contributed by atoms with E-state index in [1.807, 2.05) is 18.3 Å². The molecule has 0 amide bonds. The molecule has 0 bridgehead atoms. The first-order valence-electron chi connectivity index (χ1n) is 6.18. The van der Waals surface area contributed by atoms with Crippen LogP contribution in [0.1, 0.15) is 12.5 Å². The van der Waals surface area contributed by atoms with Gasteiger partial charge in [-0.25, -0.2) is 4.98 Å². The fourth-order valence-electron chi connectivity index (χ4n) is 2.46. The molecule has 0 unspecified atom stereocenters. The molecule has 1 saturated heterocycles. The molecule has 3 rings (SSSR count). The molecular formula is C13H17ClN4O. The van der Waals surface area contributed by atoms with Gasteiger partial charge in [0.25, 0.3) is 0 Å². The number of nitrogens with one attached hydrogen (secondary N) is 1. The smallest absolute Gasteiger partial charge is 0.140 e. The number of hydrogen-bond donors (Lipinski definition) is 2. The third-order valence-electron chi connectivity index (χ3n) is 3.38. The van der Waals surface area contributed by atoms with Crippen LogP contribution in [0.25, 0.3) is 11.4 Å². The first-order chi connectivity index (χ1) is 8.86. The Hall–Kier alpha value is -1.43. The quantitative estimate of drug-likeness (QED) is 0.869. The van der Waals surface area contributed by atoms with Gasteiger partial charge >= 0.3 is 0 Å². The number of hydrogen-bond acceptors (Lipinski definition) is 4. The molecule has 0 saturated carbocycles. The second kappa shape index (κ2) is 6.14. The largest absolute Gasteiger partial charge is 0.390 e. The average molecular weight is 281 g/mol. The van der Waals surface area contributed by atoms with Crippen molar-refractivity contribution in [2.75, 3.05) is 13.1 Å². The summed E-state index contributed by atoms with van der Waals surface area (Å²) in [7, 11) is 0. The molecule has 19 heavy (non-hydrogen) atoms. The first kappa shape index (κ1) is 14.0. The van der Waals surface area contributed by atoms with Crippen LogP contribution in [0.5, 0.6) is 0 Å². The Morgan fingerprint density at radius 1 is 1.26 bits per heavy atom. The van der Waals surface area contributed by atoms with Gasteiger partial charge in [0.05, 0.1) is 12.1 Å². The molecule has 2 atom stereocenters. The summed E-state index contributed by atoms with van der Waals surface area (Å²) in [5.41, 5.74) is 1.03. The number of imidazole rings is 1. The summed E-state index contributed by atoms with van der Waals surface area (Å²) in [5, 5.41) is 13.3. The zero-order valence-electron chi connectivity index (χ0n) is 10.4. The van der Waals surface area contributed by atoms with E-state index in [1.54, 1.807) is 18.6 Å². The van der Waals surface area contributed by atoms with Crippen molar-refractivity contribution in [1.29, 1.82) is 0 Å². The van der Waals surface area contributed by atoms with E-state index in [0.717, 1.165) is 24.4 Å². The predicted molar refractivity (Wildman–Crippen MR) is 75.2 cm³/mol. The van der Waals surface area contributed by atoms with Crippen LogP contribution >= 0.6 is 12.4 Å². The number of aromatic nitrogens is 3. The van der Waals surface area contributed by atoms with Crippen LogP contribution in [0, 0.1) is 0 Å². The average Bonchev–Trinajstić information content (AvgIpc) is 2.89. The summed E-state index contributed by atoms with van der Waals surface area (Å²) in [6.07, 6.45) is 7.78. The Labute approximate surface area is 118 Å². The van der Waals surface area contributed by atoms with Crippen molar-refractivity contribution in [2.24, 2.45) is 0 Å². The van der Waals surface area contributed by atoms with Gasteiger partial charge < -0.3 is 15.0 Å². The standard InChI is InChI=1S/C13H16N4O.ClH/c18-12-9-15-6-3-11(12)17-8-7-16-13(17)10-1-4-14-5-2-10;/h1-2,4-5,7-8,11-12,15,18H,3,6,9H2;1H/t11-,12-;/m0./s1. The van der Waals surface area contributed by atoms with Crippen LogP contribution in [0.4, 0.5) is 0 Å². The highest BCUT2D eigenvalue weighted by Crippen LogP contribution is 2.25. The third kappa shape index (κ3) is 2.78. The van der Waals surface area contributed by atoms with Crippen molar-refractivity contribution in [1.82, 2.24) is 19.9 Å². The lowest BCUT2D eigenvalue weighted by atomic mass is 10.0. The Bertz CT molecular complexity index is 516. The van der Waals surface area contributed by atoms with Crippen LogP contribution in [0.15, 0.2) is 36.9 Å². The molecule has 3 heterocycles. The van der Waals surface area contributed by atoms with Crippen molar-refractivity contribution in [2.45, 2.75) is 18.6 Å². The molecule has 1 fully saturated rings. The number of β-amino-alcohol motifs (C(OH)–C–C–N with tert-alkyl or cyclic N) is 1. The molecule has 5 nitrogen and oxygen atoms in total. The molecule has 2 N–H and O–H groups in total. The molecule has 102 valence electrons. The summed E-state index contributed by atoms with van der Waals surface area (Å²) in [6, 6.07) is 3.97. The molecular weight excluding hydrogens is 264 g/mol. The van der Waals surface area contributed by atoms with E-state index in [2.05, 4.69) is 19.9 Å². The van der Waals surface area contributed by atoms with Crippen LogP contribution < -0.4 is 5.32 Å².